The number of ether oxygens (including phenoxy) is 2. The quantitative estimate of drug-likeness (QED) is 0.542. The van der Waals surface area contributed by atoms with Crippen molar-refractivity contribution in [2.45, 2.75) is 0 Å². The fourth-order valence-corrected chi connectivity index (χ4v) is 3.68. The smallest absolute Gasteiger partial charge is 0.252 e. The molecule has 1 aliphatic heterocycles. The normalized spacial score (nSPS) is 12.9. The SMILES string of the molecule is CN(C(=O)/C=C\c1ccc2c(c1)OCCO2)c1nnc(-c2ccc(Br)cc2)s1. The zero-order valence-electron chi connectivity index (χ0n) is 15.0. The first-order valence-electron chi connectivity index (χ1n) is 8.55. The number of likely N-dealkylation sites (N-methyl/N-ethyl adjacent to an activating group) is 1. The van der Waals surface area contributed by atoms with Crippen LogP contribution in [0.25, 0.3) is 16.6 Å². The molecular weight excluding hydrogens is 442 g/mol. The van der Waals surface area contributed by atoms with Crippen LogP contribution in [0.1, 0.15) is 5.56 Å². The van der Waals surface area contributed by atoms with Crippen molar-refractivity contribution in [1.82, 2.24) is 10.2 Å². The number of hydrogen-bond acceptors (Lipinski definition) is 6. The monoisotopic (exact) mass is 457 g/mol. The third-order valence-corrected chi connectivity index (χ3v) is 5.69. The van der Waals surface area contributed by atoms with E-state index >= 15 is 0 Å². The van der Waals surface area contributed by atoms with Crippen molar-refractivity contribution in [3.05, 3.63) is 58.6 Å². The van der Waals surface area contributed by atoms with Gasteiger partial charge in [-0.1, -0.05) is 45.5 Å². The zero-order valence-corrected chi connectivity index (χ0v) is 17.4. The minimum Gasteiger partial charge on any atom is -0.486 e. The molecule has 1 aromatic heterocycles. The van der Waals surface area contributed by atoms with Gasteiger partial charge in [0, 0.05) is 23.2 Å². The molecule has 0 bridgehead atoms. The molecule has 0 N–H and O–H groups in total. The zero-order chi connectivity index (χ0) is 19.5. The van der Waals surface area contributed by atoms with E-state index in [1.807, 2.05) is 42.5 Å². The molecule has 142 valence electrons. The Labute approximate surface area is 174 Å². The second-order valence-electron chi connectivity index (χ2n) is 6.03. The van der Waals surface area contributed by atoms with Gasteiger partial charge in [0.2, 0.25) is 5.13 Å². The van der Waals surface area contributed by atoms with E-state index in [-0.39, 0.29) is 5.91 Å². The Morgan fingerprint density at radius 3 is 2.64 bits per heavy atom. The lowest BCUT2D eigenvalue weighted by atomic mass is 10.2. The van der Waals surface area contributed by atoms with E-state index in [9.17, 15) is 4.79 Å². The fourth-order valence-electron chi connectivity index (χ4n) is 2.60. The van der Waals surface area contributed by atoms with Gasteiger partial charge in [0.25, 0.3) is 5.91 Å². The lowest BCUT2D eigenvalue weighted by Crippen LogP contribution is -2.23. The highest BCUT2D eigenvalue weighted by molar-refractivity contribution is 9.10. The van der Waals surface area contributed by atoms with Crippen molar-refractivity contribution in [1.29, 1.82) is 0 Å². The van der Waals surface area contributed by atoms with E-state index < -0.39 is 0 Å². The Morgan fingerprint density at radius 1 is 1.11 bits per heavy atom. The number of aromatic nitrogens is 2. The predicted molar refractivity (Wildman–Crippen MR) is 113 cm³/mol. The van der Waals surface area contributed by atoms with Crippen LogP contribution in [0.4, 0.5) is 5.13 Å². The fraction of sp³-hybridized carbons (Fsp3) is 0.150. The second-order valence-corrected chi connectivity index (χ2v) is 7.90. The topological polar surface area (TPSA) is 64.6 Å². The molecule has 4 rings (SSSR count). The number of hydrogen-bond donors (Lipinski definition) is 0. The van der Waals surface area contributed by atoms with Gasteiger partial charge in [-0.15, -0.1) is 10.2 Å². The third kappa shape index (κ3) is 4.07. The number of halogens is 1. The maximum Gasteiger partial charge on any atom is 0.252 e. The minimum absolute atomic E-state index is 0.187. The first kappa shape index (κ1) is 18.6. The maximum atomic E-state index is 12.5. The molecule has 8 heteroatoms. The molecule has 2 heterocycles. The molecule has 0 atom stereocenters. The number of rotatable bonds is 4. The van der Waals surface area contributed by atoms with Crippen molar-refractivity contribution in [3.63, 3.8) is 0 Å². The molecule has 2 aromatic carbocycles. The van der Waals surface area contributed by atoms with E-state index in [4.69, 9.17) is 9.47 Å². The molecule has 6 nitrogen and oxygen atoms in total. The molecule has 0 unspecified atom stereocenters. The van der Waals surface area contributed by atoms with E-state index in [2.05, 4.69) is 26.1 Å². The molecule has 0 saturated heterocycles. The van der Waals surface area contributed by atoms with Gasteiger partial charge in [0.15, 0.2) is 11.5 Å². The highest BCUT2D eigenvalue weighted by Gasteiger charge is 2.15. The van der Waals surface area contributed by atoms with Crippen molar-refractivity contribution in [2.75, 3.05) is 25.2 Å². The molecule has 0 fully saturated rings. The first-order valence-corrected chi connectivity index (χ1v) is 10.2. The van der Waals surface area contributed by atoms with E-state index in [0.29, 0.717) is 24.1 Å². The van der Waals surface area contributed by atoms with E-state index in [1.54, 1.807) is 13.1 Å². The van der Waals surface area contributed by atoms with Crippen molar-refractivity contribution in [2.24, 2.45) is 0 Å². The van der Waals surface area contributed by atoms with Gasteiger partial charge in [0.05, 0.1) is 0 Å². The highest BCUT2D eigenvalue weighted by atomic mass is 79.9. The number of benzene rings is 2. The van der Waals surface area contributed by atoms with Crippen LogP contribution >= 0.6 is 27.3 Å². The molecule has 0 aliphatic carbocycles. The standard InChI is InChI=1S/C20H16BrN3O3S/c1-24(20-23-22-19(28-20)14-4-6-15(21)7-5-14)18(25)9-3-13-2-8-16-17(12-13)27-11-10-26-16/h2-9,12H,10-11H2,1H3/b9-3-. The van der Waals surface area contributed by atoms with Crippen LogP contribution in [0.3, 0.4) is 0 Å². The summed E-state index contributed by atoms with van der Waals surface area (Å²) in [5, 5.41) is 9.63. The Kier molecular flexibility index (Phi) is 5.40. The van der Waals surface area contributed by atoms with Gasteiger partial charge in [-0.2, -0.15) is 0 Å². The summed E-state index contributed by atoms with van der Waals surface area (Å²) in [7, 11) is 1.68. The number of carbonyl (C=O) groups is 1. The van der Waals surface area contributed by atoms with Crippen LogP contribution in [0.15, 0.2) is 53.0 Å². The Bertz CT molecular complexity index is 1030. The average molecular weight is 458 g/mol. The number of amides is 1. The summed E-state index contributed by atoms with van der Waals surface area (Å²) >= 11 is 4.78. The largest absolute Gasteiger partial charge is 0.486 e. The van der Waals surface area contributed by atoms with Crippen LogP contribution in [-0.2, 0) is 4.79 Å². The van der Waals surface area contributed by atoms with Crippen LogP contribution in [0.2, 0.25) is 0 Å². The van der Waals surface area contributed by atoms with E-state index in [1.165, 1.54) is 22.3 Å². The molecule has 3 aromatic rings. The van der Waals surface area contributed by atoms with E-state index in [0.717, 1.165) is 26.4 Å². The number of anilines is 1. The van der Waals surface area contributed by atoms with Crippen LogP contribution in [-0.4, -0.2) is 36.4 Å². The summed E-state index contributed by atoms with van der Waals surface area (Å²) in [6.45, 7) is 1.08. The third-order valence-electron chi connectivity index (χ3n) is 4.11. The molecular formula is C20H16BrN3O3S. The maximum absolute atomic E-state index is 12.5. The van der Waals surface area contributed by atoms with Gasteiger partial charge in [-0.3, -0.25) is 9.69 Å². The summed E-state index contributed by atoms with van der Waals surface area (Å²) in [4.78, 5) is 14.0. The summed E-state index contributed by atoms with van der Waals surface area (Å²) < 4.78 is 12.1. The minimum atomic E-state index is -0.187. The molecule has 0 saturated carbocycles. The summed E-state index contributed by atoms with van der Waals surface area (Å²) in [6, 6.07) is 13.4. The molecule has 0 radical (unpaired) electrons. The van der Waals surface area contributed by atoms with Crippen molar-refractivity contribution >= 4 is 44.4 Å². The van der Waals surface area contributed by atoms with Crippen molar-refractivity contribution < 1.29 is 14.3 Å². The summed E-state index contributed by atoms with van der Waals surface area (Å²) in [5.74, 6) is 1.23. The van der Waals surface area contributed by atoms with Gasteiger partial charge in [0.1, 0.15) is 18.2 Å². The van der Waals surface area contributed by atoms with Crippen molar-refractivity contribution in [3.8, 4) is 22.1 Å². The molecule has 1 aliphatic rings. The molecule has 28 heavy (non-hydrogen) atoms. The number of fused-ring (bicyclic) bond motifs is 1. The first-order chi connectivity index (χ1) is 13.6. The summed E-state index contributed by atoms with van der Waals surface area (Å²) in [6.07, 6.45) is 3.25. The molecule has 1 amide bonds. The Morgan fingerprint density at radius 2 is 1.86 bits per heavy atom. The summed E-state index contributed by atoms with van der Waals surface area (Å²) in [5.41, 5.74) is 1.82. The molecule has 0 spiro atoms. The average Bonchev–Trinajstić information content (AvgIpc) is 3.22. The van der Waals surface area contributed by atoms with Crippen LogP contribution in [0.5, 0.6) is 11.5 Å². The van der Waals surface area contributed by atoms with Gasteiger partial charge < -0.3 is 9.47 Å². The van der Waals surface area contributed by atoms with Gasteiger partial charge in [-0.25, -0.2) is 0 Å². The Hall–Kier alpha value is -2.71. The van der Waals surface area contributed by atoms with Gasteiger partial charge in [-0.05, 0) is 35.9 Å². The lowest BCUT2D eigenvalue weighted by molar-refractivity contribution is -0.113. The highest BCUT2D eigenvalue weighted by Crippen LogP contribution is 2.31. The lowest BCUT2D eigenvalue weighted by Gasteiger charge is -2.18. The van der Waals surface area contributed by atoms with Gasteiger partial charge >= 0.3 is 0 Å². The number of carbonyl (C=O) groups excluding carboxylic acids is 1. The predicted octanol–water partition coefficient (Wildman–Crippen LogP) is 4.42. The van der Waals surface area contributed by atoms with Crippen LogP contribution < -0.4 is 14.4 Å². The Balaban J connectivity index is 1.46. The van der Waals surface area contributed by atoms with Crippen LogP contribution in [0, 0.1) is 0 Å². The second kappa shape index (κ2) is 8.12. The number of nitrogens with zero attached hydrogens (tertiary/aromatic N) is 3.